The number of nitrogens with zero attached hydrogens (tertiary/aromatic N) is 3. The van der Waals surface area contributed by atoms with Gasteiger partial charge in [0, 0.05) is 26.3 Å². The maximum Gasteiger partial charge on any atom is 0.274 e. The van der Waals surface area contributed by atoms with Crippen LogP contribution in [-0.4, -0.2) is 28.4 Å². The van der Waals surface area contributed by atoms with Crippen molar-refractivity contribution in [1.82, 2.24) is 15.2 Å². The molecule has 0 radical (unpaired) electrons. The average Bonchev–Trinajstić information content (AvgIpc) is 2.35. The van der Waals surface area contributed by atoms with Crippen LogP contribution >= 0.6 is 0 Å². The Morgan fingerprint density at radius 1 is 1.67 bits per heavy atom. The van der Waals surface area contributed by atoms with E-state index >= 15 is 0 Å². The Morgan fingerprint density at radius 2 is 2.39 bits per heavy atom. The average molecular weight is 254 g/mol. The molecule has 1 rings (SSSR count). The highest BCUT2D eigenvalue weighted by Gasteiger charge is 2.07. The van der Waals surface area contributed by atoms with Gasteiger partial charge in [-0.05, 0) is 18.6 Å². The van der Waals surface area contributed by atoms with Crippen LogP contribution in [0, 0.1) is 16.1 Å². The smallest absolute Gasteiger partial charge is 0.274 e. The molecule has 7 heteroatoms. The lowest BCUT2D eigenvalue weighted by molar-refractivity contribution is -0.404. The summed E-state index contributed by atoms with van der Waals surface area (Å²) in [6.07, 6.45) is 2.29. The molecule has 6 nitrogen and oxygen atoms in total. The minimum Gasteiger partial charge on any atom is -0.362 e. The van der Waals surface area contributed by atoms with Crippen LogP contribution < -0.4 is 5.32 Å². The normalized spacial score (nSPS) is 11.2. The van der Waals surface area contributed by atoms with Crippen molar-refractivity contribution in [3.8, 4) is 0 Å². The minimum absolute atomic E-state index is 0.345. The third kappa shape index (κ3) is 4.36. The van der Waals surface area contributed by atoms with Crippen molar-refractivity contribution < 1.29 is 9.31 Å². The standard InChI is InChI=1S/C11H15FN4O2/c1-3-15(2)11(8-16(17)18)14-7-9-4-5-10(12)13-6-9/h4-6,8,14H,3,7H2,1-2H3. The summed E-state index contributed by atoms with van der Waals surface area (Å²) in [6.45, 7) is 2.86. The third-order valence-electron chi connectivity index (χ3n) is 2.38. The Balaban J connectivity index is 2.68. The van der Waals surface area contributed by atoms with Crippen LogP contribution in [0.15, 0.2) is 30.4 Å². The Labute approximate surface area is 104 Å². The van der Waals surface area contributed by atoms with E-state index in [1.807, 2.05) is 6.92 Å². The van der Waals surface area contributed by atoms with Crippen molar-refractivity contribution in [3.63, 3.8) is 0 Å². The second-order valence-corrected chi connectivity index (χ2v) is 3.66. The fourth-order valence-corrected chi connectivity index (χ4v) is 1.25. The van der Waals surface area contributed by atoms with Gasteiger partial charge in [0.05, 0.1) is 4.92 Å². The van der Waals surface area contributed by atoms with Crippen LogP contribution in [0.1, 0.15) is 12.5 Å². The highest BCUT2D eigenvalue weighted by atomic mass is 19.1. The number of aromatic nitrogens is 1. The van der Waals surface area contributed by atoms with Crippen molar-refractivity contribution in [1.29, 1.82) is 0 Å². The van der Waals surface area contributed by atoms with Gasteiger partial charge in [0.15, 0.2) is 5.82 Å². The molecule has 0 aliphatic carbocycles. The third-order valence-corrected chi connectivity index (χ3v) is 2.38. The van der Waals surface area contributed by atoms with E-state index in [1.165, 1.54) is 12.3 Å². The van der Waals surface area contributed by atoms with Crippen LogP contribution in [0.25, 0.3) is 0 Å². The molecule has 0 fully saturated rings. The number of hydrogen-bond acceptors (Lipinski definition) is 5. The first kappa shape index (κ1) is 13.9. The van der Waals surface area contributed by atoms with Gasteiger partial charge < -0.3 is 10.2 Å². The molecule has 1 N–H and O–H groups in total. The molecule has 98 valence electrons. The molecule has 0 amide bonds. The number of nitrogens with one attached hydrogen (secondary N) is 1. The first-order valence-corrected chi connectivity index (χ1v) is 5.43. The van der Waals surface area contributed by atoms with Gasteiger partial charge in [-0.25, -0.2) is 4.98 Å². The highest BCUT2D eigenvalue weighted by Crippen LogP contribution is 2.02. The van der Waals surface area contributed by atoms with Gasteiger partial charge in [0.2, 0.25) is 5.95 Å². The zero-order chi connectivity index (χ0) is 13.5. The zero-order valence-corrected chi connectivity index (χ0v) is 10.3. The summed E-state index contributed by atoms with van der Waals surface area (Å²) < 4.78 is 12.6. The van der Waals surface area contributed by atoms with Gasteiger partial charge in [0.25, 0.3) is 6.20 Å². The van der Waals surface area contributed by atoms with Crippen molar-refractivity contribution in [2.75, 3.05) is 13.6 Å². The van der Waals surface area contributed by atoms with Gasteiger partial charge in [-0.15, -0.1) is 0 Å². The minimum atomic E-state index is -0.550. The summed E-state index contributed by atoms with van der Waals surface area (Å²) in [5, 5.41) is 13.4. The molecule has 0 saturated carbocycles. The SMILES string of the molecule is CCN(C)C(=C[N+](=O)[O-])NCc1ccc(F)nc1. The molecule has 1 aromatic rings. The highest BCUT2D eigenvalue weighted by molar-refractivity contribution is 5.10. The lowest BCUT2D eigenvalue weighted by Gasteiger charge is -2.19. The van der Waals surface area contributed by atoms with Gasteiger partial charge in [-0.3, -0.25) is 10.1 Å². The second kappa shape index (κ2) is 6.53. The number of halogens is 1. The molecule has 0 spiro atoms. The molecule has 1 aromatic heterocycles. The maximum atomic E-state index is 12.6. The summed E-state index contributed by atoms with van der Waals surface area (Å²) in [7, 11) is 1.74. The van der Waals surface area contributed by atoms with Crippen LogP contribution in [0.3, 0.4) is 0 Å². The Hall–Kier alpha value is -2.18. The molecule has 0 unspecified atom stereocenters. The predicted octanol–water partition coefficient (Wildman–Crippen LogP) is 1.34. The second-order valence-electron chi connectivity index (χ2n) is 3.66. The number of rotatable bonds is 6. The van der Waals surface area contributed by atoms with Crippen molar-refractivity contribution in [2.45, 2.75) is 13.5 Å². The van der Waals surface area contributed by atoms with E-state index in [2.05, 4.69) is 10.3 Å². The largest absolute Gasteiger partial charge is 0.362 e. The quantitative estimate of drug-likeness (QED) is 0.471. The fraction of sp³-hybridized carbons (Fsp3) is 0.364. The molecule has 0 bridgehead atoms. The zero-order valence-electron chi connectivity index (χ0n) is 10.3. The van der Waals surface area contributed by atoms with Gasteiger partial charge >= 0.3 is 0 Å². The van der Waals surface area contributed by atoms with Crippen molar-refractivity contribution >= 4 is 0 Å². The van der Waals surface area contributed by atoms with E-state index in [-0.39, 0.29) is 0 Å². The topological polar surface area (TPSA) is 71.3 Å². The fourth-order valence-electron chi connectivity index (χ4n) is 1.25. The monoisotopic (exact) mass is 254 g/mol. The molecule has 0 aromatic carbocycles. The van der Waals surface area contributed by atoms with Crippen LogP contribution in [0.2, 0.25) is 0 Å². The predicted molar refractivity (Wildman–Crippen MR) is 64.4 cm³/mol. The molecule has 0 atom stereocenters. The number of nitro groups is 1. The molecule has 1 heterocycles. The molecular weight excluding hydrogens is 239 g/mol. The number of pyridine rings is 1. The van der Waals surface area contributed by atoms with Crippen LogP contribution in [-0.2, 0) is 6.54 Å². The van der Waals surface area contributed by atoms with Gasteiger partial charge in [-0.2, -0.15) is 4.39 Å². The molecule has 0 aliphatic heterocycles. The van der Waals surface area contributed by atoms with Crippen molar-refractivity contribution in [2.24, 2.45) is 0 Å². The Kier molecular flexibility index (Phi) is 5.04. The van der Waals surface area contributed by atoms with Gasteiger partial charge in [-0.1, -0.05) is 6.07 Å². The summed E-state index contributed by atoms with van der Waals surface area (Å²) >= 11 is 0. The van der Waals surface area contributed by atoms with E-state index in [4.69, 9.17) is 0 Å². The van der Waals surface area contributed by atoms with Gasteiger partial charge in [0.1, 0.15) is 0 Å². The Morgan fingerprint density at radius 3 is 2.89 bits per heavy atom. The molecule has 18 heavy (non-hydrogen) atoms. The van der Waals surface area contributed by atoms with E-state index in [0.717, 1.165) is 11.8 Å². The summed E-state index contributed by atoms with van der Waals surface area (Å²) in [5.41, 5.74) is 0.746. The summed E-state index contributed by atoms with van der Waals surface area (Å²) in [5.74, 6) is -0.155. The lowest BCUT2D eigenvalue weighted by atomic mass is 10.3. The van der Waals surface area contributed by atoms with Crippen molar-refractivity contribution in [3.05, 3.63) is 52.0 Å². The molecule has 0 aliphatic rings. The van der Waals surface area contributed by atoms with Crippen LogP contribution in [0.5, 0.6) is 0 Å². The van der Waals surface area contributed by atoms with E-state index in [9.17, 15) is 14.5 Å². The van der Waals surface area contributed by atoms with E-state index in [1.54, 1.807) is 18.0 Å². The summed E-state index contributed by atoms with van der Waals surface area (Å²) in [6, 6.07) is 2.82. The summed E-state index contributed by atoms with van der Waals surface area (Å²) in [4.78, 5) is 15.2. The maximum absolute atomic E-state index is 12.6. The van der Waals surface area contributed by atoms with Crippen LogP contribution in [0.4, 0.5) is 4.39 Å². The molecular formula is C11H15FN4O2. The van der Waals surface area contributed by atoms with E-state index < -0.39 is 10.9 Å². The Bertz CT molecular complexity index is 433. The first-order chi connectivity index (χ1) is 8.52. The lowest BCUT2D eigenvalue weighted by Crippen LogP contribution is -2.29. The molecule has 0 saturated heterocycles. The van der Waals surface area contributed by atoms with E-state index in [0.29, 0.717) is 18.9 Å². The number of hydrogen-bond donors (Lipinski definition) is 1. The first-order valence-electron chi connectivity index (χ1n) is 5.43.